The molecule has 0 aliphatic heterocycles. The van der Waals surface area contributed by atoms with Crippen molar-refractivity contribution in [3.8, 4) is 0 Å². The normalized spacial score (nSPS) is 17.9. The second-order valence-electron chi connectivity index (χ2n) is 6.04. The van der Waals surface area contributed by atoms with Crippen LogP contribution in [0.4, 0.5) is 0 Å². The van der Waals surface area contributed by atoms with Gasteiger partial charge in [0.05, 0.1) is 6.61 Å². The first-order valence-corrected chi connectivity index (χ1v) is 6.49. The maximum Gasteiger partial charge on any atom is 0.221 e. The largest absolute Gasteiger partial charge is 0.379 e. The highest BCUT2D eigenvalue weighted by Gasteiger charge is 2.23. The van der Waals surface area contributed by atoms with Crippen molar-refractivity contribution in [2.75, 3.05) is 19.8 Å². The summed E-state index contributed by atoms with van der Waals surface area (Å²) in [6.07, 6.45) is 2.98. The van der Waals surface area contributed by atoms with E-state index in [1.807, 2.05) is 20.8 Å². The average Bonchev–Trinajstić information content (AvgIpc) is 2.99. The van der Waals surface area contributed by atoms with Gasteiger partial charge in [0, 0.05) is 25.6 Å². The molecule has 100 valence electrons. The van der Waals surface area contributed by atoms with Crippen molar-refractivity contribution in [1.82, 2.24) is 5.32 Å². The Morgan fingerprint density at radius 3 is 2.65 bits per heavy atom. The van der Waals surface area contributed by atoms with E-state index < -0.39 is 0 Å². The molecule has 3 N–H and O–H groups in total. The van der Waals surface area contributed by atoms with E-state index in [9.17, 15) is 4.79 Å². The van der Waals surface area contributed by atoms with Crippen molar-refractivity contribution in [3.63, 3.8) is 0 Å². The number of hydrogen-bond donors (Lipinski definition) is 2. The van der Waals surface area contributed by atoms with Crippen LogP contribution in [0.2, 0.25) is 0 Å². The van der Waals surface area contributed by atoms with Crippen LogP contribution in [0.25, 0.3) is 0 Å². The maximum absolute atomic E-state index is 11.6. The van der Waals surface area contributed by atoms with Gasteiger partial charge in [0.15, 0.2) is 0 Å². The summed E-state index contributed by atoms with van der Waals surface area (Å²) in [4.78, 5) is 11.6. The van der Waals surface area contributed by atoms with E-state index in [2.05, 4.69) is 5.32 Å². The topological polar surface area (TPSA) is 64.4 Å². The zero-order valence-corrected chi connectivity index (χ0v) is 11.3. The molecule has 1 amide bonds. The van der Waals surface area contributed by atoms with Gasteiger partial charge < -0.3 is 15.8 Å². The Morgan fingerprint density at radius 2 is 2.12 bits per heavy atom. The zero-order chi connectivity index (χ0) is 12.9. The van der Waals surface area contributed by atoms with Crippen LogP contribution in [-0.4, -0.2) is 31.7 Å². The Morgan fingerprint density at radius 1 is 1.47 bits per heavy atom. The van der Waals surface area contributed by atoms with Gasteiger partial charge in [-0.05, 0) is 24.2 Å². The number of nitrogens with one attached hydrogen (secondary N) is 1. The molecule has 0 saturated heterocycles. The summed E-state index contributed by atoms with van der Waals surface area (Å²) < 4.78 is 5.43. The molecule has 1 saturated carbocycles. The van der Waals surface area contributed by atoms with E-state index in [0.717, 1.165) is 12.5 Å². The minimum Gasteiger partial charge on any atom is -0.379 e. The molecule has 4 nitrogen and oxygen atoms in total. The number of carbonyl (C=O) groups excluding carboxylic acids is 1. The van der Waals surface area contributed by atoms with Crippen molar-refractivity contribution in [2.24, 2.45) is 17.1 Å². The molecule has 1 aliphatic carbocycles. The molecule has 17 heavy (non-hydrogen) atoms. The summed E-state index contributed by atoms with van der Waals surface area (Å²) in [7, 11) is 0. The minimum atomic E-state index is -0.102. The van der Waals surface area contributed by atoms with Gasteiger partial charge in [-0.3, -0.25) is 4.79 Å². The Labute approximate surface area is 104 Å². The van der Waals surface area contributed by atoms with Gasteiger partial charge in [0.2, 0.25) is 5.91 Å². The fraction of sp³-hybridized carbons (Fsp3) is 0.923. The number of nitrogens with two attached hydrogens (primary N) is 1. The van der Waals surface area contributed by atoms with Crippen LogP contribution >= 0.6 is 0 Å². The molecule has 0 aromatic rings. The van der Waals surface area contributed by atoms with Crippen molar-refractivity contribution >= 4 is 5.91 Å². The van der Waals surface area contributed by atoms with Gasteiger partial charge in [-0.25, -0.2) is 0 Å². The molecule has 1 unspecified atom stereocenters. The van der Waals surface area contributed by atoms with Crippen molar-refractivity contribution in [2.45, 2.75) is 46.1 Å². The predicted octanol–water partition coefficient (Wildman–Crippen LogP) is 1.29. The zero-order valence-electron chi connectivity index (χ0n) is 11.3. The molecule has 0 aromatic heterocycles. The van der Waals surface area contributed by atoms with E-state index in [-0.39, 0.29) is 17.4 Å². The number of rotatable bonds is 7. The highest BCUT2D eigenvalue weighted by Crippen LogP contribution is 2.28. The molecule has 1 fully saturated rings. The molecule has 1 rings (SSSR count). The molecular weight excluding hydrogens is 216 g/mol. The highest BCUT2D eigenvalue weighted by molar-refractivity contribution is 5.76. The van der Waals surface area contributed by atoms with Crippen LogP contribution in [-0.2, 0) is 9.53 Å². The Bertz CT molecular complexity index is 244. The van der Waals surface area contributed by atoms with E-state index in [0.29, 0.717) is 19.6 Å². The summed E-state index contributed by atoms with van der Waals surface area (Å²) in [6.45, 7) is 8.17. The third kappa shape index (κ3) is 6.64. The lowest BCUT2D eigenvalue weighted by Crippen LogP contribution is -2.40. The lowest BCUT2D eigenvalue weighted by atomic mass is 9.85. The van der Waals surface area contributed by atoms with Crippen LogP contribution < -0.4 is 11.1 Å². The van der Waals surface area contributed by atoms with Crippen LogP contribution in [0, 0.1) is 11.3 Å². The Hall–Kier alpha value is -0.610. The quantitative estimate of drug-likeness (QED) is 0.661. The van der Waals surface area contributed by atoms with Crippen LogP contribution in [0.1, 0.15) is 40.0 Å². The molecule has 0 radical (unpaired) electrons. The molecule has 0 bridgehead atoms. The van der Waals surface area contributed by atoms with Gasteiger partial charge in [0.1, 0.15) is 0 Å². The minimum absolute atomic E-state index is 0.0162. The third-order valence-corrected chi connectivity index (χ3v) is 3.14. The van der Waals surface area contributed by atoms with Crippen LogP contribution in [0.3, 0.4) is 0 Å². The lowest BCUT2D eigenvalue weighted by molar-refractivity contribution is -0.122. The number of amides is 1. The van der Waals surface area contributed by atoms with Crippen LogP contribution in [0.15, 0.2) is 0 Å². The third-order valence-electron chi connectivity index (χ3n) is 3.14. The van der Waals surface area contributed by atoms with Gasteiger partial charge in [-0.15, -0.1) is 0 Å². The summed E-state index contributed by atoms with van der Waals surface area (Å²) in [6, 6.07) is -0.102. The molecule has 1 aliphatic rings. The Balaban J connectivity index is 1.99. The highest BCUT2D eigenvalue weighted by atomic mass is 16.5. The molecule has 4 heteroatoms. The number of hydrogen-bond acceptors (Lipinski definition) is 3. The fourth-order valence-electron chi connectivity index (χ4n) is 1.38. The van der Waals surface area contributed by atoms with Gasteiger partial charge in [-0.1, -0.05) is 20.8 Å². The Kier molecular flexibility index (Phi) is 5.40. The summed E-state index contributed by atoms with van der Waals surface area (Å²) in [5.74, 6) is 0.794. The fourth-order valence-corrected chi connectivity index (χ4v) is 1.38. The molecular formula is C13H26N2O2. The van der Waals surface area contributed by atoms with Crippen molar-refractivity contribution in [3.05, 3.63) is 0 Å². The molecule has 0 spiro atoms. The van der Waals surface area contributed by atoms with Crippen LogP contribution in [0.5, 0.6) is 0 Å². The molecule has 0 heterocycles. The second-order valence-corrected chi connectivity index (χ2v) is 6.04. The summed E-state index contributed by atoms with van der Waals surface area (Å²) >= 11 is 0. The number of ether oxygens (including phenoxy) is 1. The van der Waals surface area contributed by atoms with E-state index in [1.165, 1.54) is 12.8 Å². The standard InChI is InChI=1S/C13H26N2O2/c1-13(2,3)11(14)8-12(16)15-6-7-17-9-10-4-5-10/h10-11H,4-9,14H2,1-3H3,(H,15,16). The first-order valence-electron chi connectivity index (χ1n) is 6.49. The first-order chi connectivity index (χ1) is 7.89. The van der Waals surface area contributed by atoms with E-state index >= 15 is 0 Å². The SMILES string of the molecule is CC(C)(C)C(N)CC(=O)NCCOCC1CC1. The van der Waals surface area contributed by atoms with Gasteiger partial charge in [-0.2, -0.15) is 0 Å². The van der Waals surface area contributed by atoms with E-state index in [1.54, 1.807) is 0 Å². The molecule has 0 aromatic carbocycles. The first kappa shape index (κ1) is 14.5. The maximum atomic E-state index is 11.6. The smallest absolute Gasteiger partial charge is 0.221 e. The van der Waals surface area contributed by atoms with Gasteiger partial charge >= 0.3 is 0 Å². The van der Waals surface area contributed by atoms with Crippen molar-refractivity contribution in [1.29, 1.82) is 0 Å². The number of carbonyl (C=O) groups is 1. The monoisotopic (exact) mass is 242 g/mol. The van der Waals surface area contributed by atoms with Gasteiger partial charge in [0.25, 0.3) is 0 Å². The van der Waals surface area contributed by atoms with E-state index in [4.69, 9.17) is 10.5 Å². The molecule has 1 atom stereocenters. The summed E-state index contributed by atoms with van der Waals surface area (Å²) in [5.41, 5.74) is 5.91. The second kappa shape index (κ2) is 6.36. The average molecular weight is 242 g/mol. The lowest BCUT2D eigenvalue weighted by Gasteiger charge is -2.26. The van der Waals surface area contributed by atoms with Crippen molar-refractivity contribution < 1.29 is 9.53 Å². The summed E-state index contributed by atoms with van der Waals surface area (Å²) in [5, 5.41) is 2.84. The predicted molar refractivity (Wildman–Crippen MR) is 68.6 cm³/mol.